The normalized spacial score (nSPS) is 14.7. The summed E-state index contributed by atoms with van der Waals surface area (Å²) in [5, 5.41) is 3.57. The van der Waals surface area contributed by atoms with Gasteiger partial charge in [0, 0.05) is 60.9 Å². The Kier molecular flexibility index (Phi) is 8.02. The van der Waals surface area contributed by atoms with Gasteiger partial charge in [0.25, 0.3) is 11.8 Å². The molecule has 2 aromatic heterocycles. The van der Waals surface area contributed by atoms with Gasteiger partial charge in [-0.05, 0) is 76.9 Å². The number of benzene rings is 3. The van der Waals surface area contributed by atoms with Crippen LogP contribution in [0.5, 0.6) is 0 Å². The molecule has 0 aliphatic carbocycles. The lowest BCUT2D eigenvalue weighted by atomic mass is 9.96. The number of carbonyl (C=O) groups is 2. The van der Waals surface area contributed by atoms with Crippen LogP contribution in [-0.2, 0) is 11.3 Å². The average Bonchev–Trinajstić information content (AvgIpc) is 3.46. The van der Waals surface area contributed by atoms with Gasteiger partial charge in [-0.25, -0.2) is 13.2 Å². The minimum atomic E-state index is -2.73. The summed E-state index contributed by atoms with van der Waals surface area (Å²) in [6.07, 6.45) is 5.72. The van der Waals surface area contributed by atoms with Gasteiger partial charge in [-0.3, -0.25) is 14.6 Å². The van der Waals surface area contributed by atoms with Crippen molar-refractivity contribution >= 4 is 28.9 Å². The molecule has 44 heavy (non-hydrogen) atoms. The SMILES string of the molecule is O=C(/C=C/c1cccnc1)NCc1cc2cc(-c3ccc(C(=O)N4CCC(F)(F)CC4)cc3)cc(-c3cccc(F)c3)c2o1. The maximum Gasteiger partial charge on any atom is 0.253 e. The van der Waals surface area contributed by atoms with E-state index in [1.807, 2.05) is 24.3 Å². The Morgan fingerprint density at radius 3 is 2.45 bits per heavy atom. The molecule has 0 atom stereocenters. The van der Waals surface area contributed by atoms with Crippen LogP contribution in [0.2, 0.25) is 0 Å². The second-order valence-corrected chi connectivity index (χ2v) is 10.7. The van der Waals surface area contributed by atoms with Crippen LogP contribution >= 0.6 is 0 Å². The summed E-state index contributed by atoms with van der Waals surface area (Å²) in [6.45, 7) is 0.179. The van der Waals surface area contributed by atoms with Crippen LogP contribution in [0.1, 0.15) is 34.5 Å². The lowest BCUT2D eigenvalue weighted by Crippen LogP contribution is -2.42. The number of likely N-dealkylation sites (tertiary alicyclic amines) is 1. The predicted molar refractivity (Wildman–Crippen MR) is 162 cm³/mol. The molecule has 0 bridgehead atoms. The Morgan fingerprint density at radius 1 is 0.932 bits per heavy atom. The highest BCUT2D eigenvalue weighted by Crippen LogP contribution is 2.36. The molecule has 3 heterocycles. The number of nitrogens with one attached hydrogen (secondary N) is 1. The summed E-state index contributed by atoms with van der Waals surface area (Å²) in [4.78, 5) is 30.8. The lowest BCUT2D eigenvalue weighted by molar-refractivity contribution is -0.116. The molecule has 2 amide bonds. The number of piperidine rings is 1. The van der Waals surface area contributed by atoms with Crippen molar-refractivity contribution in [3.05, 3.63) is 120 Å². The van der Waals surface area contributed by atoms with E-state index in [0.29, 0.717) is 28.0 Å². The molecule has 222 valence electrons. The maximum atomic E-state index is 14.2. The molecule has 0 radical (unpaired) electrons. The van der Waals surface area contributed by atoms with Gasteiger partial charge in [-0.1, -0.05) is 30.3 Å². The summed E-state index contributed by atoms with van der Waals surface area (Å²) >= 11 is 0. The molecule has 6 nitrogen and oxygen atoms in total. The largest absolute Gasteiger partial charge is 0.459 e. The number of fused-ring (bicyclic) bond motifs is 1. The molecule has 9 heteroatoms. The molecule has 0 saturated carbocycles. The first kappa shape index (κ1) is 28.9. The van der Waals surface area contributed by atoms with Crippen LogP contribution in [0.4, 0.5) is 13.2 Å². The summed E-state index contributed by atoms with van der Waals surface area (Å²) < 4.78 is 47.5. The molecule has 0 unspecified atom stereocenters. The van der Waals surface area contributed by atoms with Crippen LogP contribution in [0, 0.1) is 5.82 Å². The number of pyridine rings is 1. The fourth-order valence-electron chi connectivity index (χ4n) is 5.24. The zero-order valence-corrected chi connectivity index (χ0v) is 23.6. The van der Waals surface area contributed by atoms with Crippen molar-refractivity contribution in [1.29, 1.82) is 0 Å². The molecule has 1 fully saturated rings. The Labute approximate surface area is 251 Å². The van der Waals surface area contributed by atoms with E-state index >= 15 is 0 Å². The van der Waals surface area contributed by atoms with Crippen molar-refractivity contribution < 1.29 is 27.2 Å². The van der Waals surface area contributed by atoms with Gasteiger partial charge < -0.3 is 14.6 Å². The lowest BCUT2D eigenvalue weighted by Gasteiger charge is -2.31. The first-order valence-corrected chi connectivity index (χ1v) is 14.2. The number of halogens is 3. The van der Waals surface area contributed by atoms with Crippen molar-refractivity contribution in [2.75, 3.05) is 13.1 Å². The zero-order valence-electron chi connectivity index (χ0n) is 23.6. The third kappa shape index (κ3) is 6.57. The summed E-state index contributed by atoms with van der Waals surface area (Å²) in [6, 6.07) is 22.5. The minimum absolute atomic E-state index is 0.0192. The van der Waals surface area contributed by atoms with Crippen molar-refractivity contribution in [3.8, 4) is 22.3 Å². The van der Waals surface area contributed by atoms with Gasteiger partial charge >= 0.3 is 0 Å². The van der Waals surface area contributed by atoms with Gasteiger partial charge in [0.2, 0.25) is 5.91 Å². The molecule has 0 spiro atoms. The number of hydrogen-bond acceptors (Lipinski definition) is 4. The number of amides is 2. The molecule has 1 aliphatic heterocycles. The molecule has 1 saturated heterocycles. The topological polar surface area (TPSA) is 75.4 Å². The van der Waals surface area contributed by atoms with Crippen molar-refractivity contribution in [3.63, 3.8) is 0 Å². The van der Waals surface area contributed by atoms with Crippen LogP contribution in [0.15, 0.2) is 102 Å². The van der Waals surface area contributed by atoms with E-state index in [1.165, 1.54) is 23.1 Å². The number of rotatable bonds is 7. The summed E-state index contributed by atoms with van der Waals surface area (Å²) in [7, 11) is 0. The molecule has 5 aromatic rings. The van der Waals surface area contributed by atoms with Gasteiger partial charge in [0.05, 0.1) is 6.54 Å². The van der Waals surface area contributed by atoms with E-state index in [4.69, 9.17) is 4.42 Å². The van der Waals surface area contributed by atoms with Crippen LogP contribution in [0.3, 0.4) is 0 Å². The number of alkyl halides is 2. The molecule has 3 aromatic carbocycles. The third-order valence-corrected chi connectivity index (χ3v) is 7.60. The molecular formula is C35H28F3N3O3. The molecular weight excluding hydrogens is 567 g/mol. The second kappa shape index (κ2) is 12.2. The predicted octanol–water partition coefficient (Wildman–Crippen LogP) is 7.50. The summed E-state index contributed by atoms with van der Waals surface area (Å²) in [5.41, 5.74) is 4.67. The van der Waals surface area contributed by atoms with E-state index in [-0.39, 0.29) is 50.1 Å². The first-order chi connectivity index (χ1) is 21.2. The van der Waals surface area contributed by atoms with Gasteiger partial charge in [-0.2, -0.15) is 0 Å². The number of carbonyl (C=O) groups excluding carboxylic acids is 2. The smallest absolute Gasteiger partial charge is 0.253 e. The highest BCUT2D eigenvalue weighted by atomic mass is 19.3. The quantitative estimate of drug-likeness (QED) is 0.198. The Balaban J connectivity index is 1.26. The van der Waals surface area contributed by atoms with Crippen LogP contribution in [-0.4, -0.2) is 40.7 Å². The van der Waals surface area contributed by atoms with Crippen molar-refractivity contribution in [1.82, 2.24) is 15.2 Å². The fourth-order valence-corrected chi connectivity index (χ4v) is 5.24. The maximum absolute atomic E-state index is 14.2. The Morgan fingerprint density at radius 2 is 1.73 bits per heavy atom. The zero-order chi connectivity index (χ0) is 30.7. The second-order valence-electron chi connectivity index (χ2n) is 10.7. The highest BCUT2D eigenvalue weighted by Gasteiger charge is 2.35. The molecule has 6 rings (SSSR count). The minimum Gasteiger partial charge on any atom is -0.459 e. The van der Waals surface area contributed by atoms with Crippen molar-refractivity contribution in [2.24, 2.45) is 0 Å². The Bertz CT molecular complexity index is 1840. The first-order valence-electron chi connectivity index (χ1n) is 14.2. The highest BCUT2D eigenvalue weighted by molar-refractivity contribution is 5.98. The third-order valence-electron chi connectivity index (χ3n) is 7.60. The van der Waals surface area contributed by atoms with E-state index in [0.717, 1.165) is 22.1 Å². The van der Waals surface area contributed by atoms with E-state index in [2.05, 4.69) is 10.3 Å². The van der Waals surface area contributed by atoms with Gasteiger partial charge in [0.15, 0.2) is 0 Å². The van der Waals surface area contributed by atoms with Gasteiger partial charge in [-0.15, -0.1) is 0 Å². The van der Waals surface area contributed by atoms with Gasteiger partial charge in [0.1, 0.15) is 17.2 Å². The van der Waals surface area contributed by atoms with E-state index in [1.54, 1.807) is 60.9 Å². The van der Waals surface area contributed by atoms with E-state index < -0.39 is 5.92 Å². The molecule has 1 aliphatic rings. The van der Waals surface area contributed by atoms with Crippen molar-refractivity contribution in [2.45, 2.75) is 25.3 Å². The van der Waals surface area contributed by atoms with E-state index in [9.17, 15) is 22.8 Å². The standard InChI is InChI=1S/C35H28F3N3O3/c36-29-5-1-4-26(18-29)31-20-27(24-7-9-25(10-8-24)34(43)41-15-12-35(37,38)13-16-41)17-28-19-30(44-33(28)31)22-40-32(42)11-6-23-3-2-14-39-21-23/h1-11,14,17-21H,12-13,15-16,22H2,(H,40,42)/b11-6+. The summed E-state index contributed by atoms with van der Waals surface area (Å²) in [5.74, 6) is -3.17. The molecule has 1 N–H and O–H groups in total. The number of hydrogen-bond donors (Lipinski definition) is 1. The number of aromatic nitrogens is 1. The Hall–Kier alpha value is -5.18. The number of furan rings is 1. The van der Waals surface area contributed by atoms with Crippen LogP contribution in [0.25, 0.3) is 39.3 Å². The monoisotopic (exact) mass is 595 g/mol. The van der Waals surface area contributed by atoms with Crippen LogP contribution < -0.4 is 5.32 Å². The fraction of sp³-hybridized carbons (Fsp3) is 0.171. The number of nitrogens with zero attached hydrogens (tertiary/aromatic N) is 2. The average molecular weight is 596 g/mol.